The van der Waals surface area contributed by atoms with E-state index in [0.717, 1.165) is 7.11 Å². The number of carboxylic acid groups (broad SMARTS) is 1. The monoisotopic (exact) mass is 217 g/mol. The topological polar surface area (TPSA) is 147 Å². The maximum absolute atomic E-state index is 9.65. The molecule has 0 spiro atoms. The second-order valence-electron chi connectivity index (χ2n) is 1.72. The minimum absolute atomic E-state index is 0.505. The Bertz CT molecular complexity index is 235. The van der Waals surface area contributed by atoms with Crippen LogP contribution >= 0.6 is 0 Å². The first-order valence-electron chi connectivity index (χ1n) is 2.87. The molecule has 0 aliphatic carbocycles. The molecule has 8 nitrogen and oxygen atoms in total. The van der Waals surface area contributed by atoms with Crippen molar-refractivity contribution in [3.05, 3.63) is 0 Å². The first-order chi connectivity index (χ1) is 5.74. The summed E-state index contributed by atoms with van der Waals surface area (Å²) < 4.78 is 29.7. The van der Waals surface area contributed by atoms with Gasteiger partial charge in [-0.3, -0.25) is 13.5 Å². The number of carbonyl (C=O) groups is 1. The molecule has 0 bridgehead atoms. The van der Waals surface area contributed by atoms with Gasteiger partial charge in [0.25, 0.3) is 0 Å². The van der Waals surface area contributed by atoms with E-state index in [-0.39, 0.29) is 0 Å². The second-order valence-corrected chi connectivity index (χ2v) is 2.91. The quantitative estimate of drug-likeness (QED) is 0.390. The third-order valence-electron chi connectivity index (χ3n) is 0.725. The number of aliphatic carboxylic acids is 1. The predicted octanol–water partition coefficient (Wildman–Crippen LogP) is -2.17. The molecule has 0 aromatic carbocycles. The Labute approximate surface area is 74.9 Å². The average Bonchev–Trinajstić information content (AvgIpc) is 2.02. The molecule has 0 heterocycles. The van der Waals surface area contributed by atoms with Crippen LogP contribution in [0.3, 0.4) is 0 Å². The Hall–Kier alpha value is -0.740. The Morgan fingerprint density at radius 2 is 1.92 bits per heavy atom. The lowest BCUT2D eigenvalue weighted by Crippen LogP contribution is -2.33. The largest absolute Gasteiger partial charge is 0.480 e. The highest BCUT2D eigenvalue weighted by atomic mass is 32.3. The summed E-state index contributed by atoms with van der Waals surface area (Å²) in [4.78, 5) is 9.65. The minimum atomic E-state index is -4.16. The summed E-state index contributed by atoms with van der Waals surface area (Å²) in [5.41, 5.74) is 4.77. The van der Waals surface area contributed by atoms with Gasteiger partial charge in [-0.05, 0) is 0 Å². The summed E-state index contributed by atoms with van der Waals surface area (Å²) in [7, 11) is -3.29. The van der Waals surface area contributed by atoms with Crippen LogP contribution in [0.15, 0.2) is 0 Å². The summed E-state index contributed by atoms with van der Waals surface area (Å²) >= 11 is 0. The molecule has 13 heavy (non-hydrogen) atoms. The van der Waals surface area contributed by atoms with Gasteiger partial charge in [0.1, 0.15) is 6.04 Å². The zero-order chi connectivity index (χ0) is 11.1. The number of hydrogen-bond acceptors (Lipinski definition) is 6. The van der Waals surface area contributed by atoms with Crippen molar-refractivity contribution in [3.8, 4) is 0 Å². The van der Waals surface area contributed by atoms with Crippen LogP contribution in [-0.4, -0.2) is 48.9 Å². The highest BCUT2D eigenvalue weighted by Gasteiger charge is 2.06. The Morgan fingerprint density at radius 1 is 1.62 bits per heavy atom. The van der Waals surface area contributed by atoms with Crippen LogP contribution in [0, 0.1) is 0 Å². The molecular weight excluding hydrogens is 206 g/mol. The molecule has 0 amide bonds. The summed E-state index contributed by atoms with van der Waals surface area (Å²) in [5.74, 6) is -1.18. The normalized spacial score (nSPS) is 12.6. The van der Waals surface area contributed by atoms with Gasteiger partial charge >= 0.3 is 16.4 Å². The lowest BCUT2D eigenvalue weighted by molar-refractivity contribution is -0.139. The predicted molar refractivity (Wildman–Crippen MR) is 41.3 cm³/mol. The number of rotatable bonds is 3. The van der Waals surface area contributed by atoms with Crippen molar-refractivity contribution >= 4 is 16.4 Å². The summed E-state index contributed by atoms with van der Waals surface area (Å²) in [6.07, 6.45) is 0. The van der Waals surface area contributed by atoms with Crippen LogP contribution in [0.1, 0.15) is 0 Å². The van der Waals surface area contributed by atoms with Gasteiger partial charge in [0.15, 0.2) is 0 Å². The van der Waals surface area contributed by atoms with Crippen LogP contribution < -0.4 is 5.73 Å². The first kappa shape index (κ1) is 14.8. The second kappa shape index (κ2) is 6.74. The van der Waals surface area contributed by atoms with Crippen molar-refractivity contribution < 1.29 is 32.2 Å². The number of hydrogen-bond donors (Lipinski definition) is 4. The number of aliphatic hydroxyl groups is 1. The lowest BCUT2D eigenvalue weighted by Gasteiger charge is -1.96. The van der Waals surface area contributed by atoms with Crippen molar-refractivity contribution in [2.45, 2.75) is 6.04 Å². The molecule has 0 aliphatic heterocycles. The Kier molecular flexibility index (Phi) is 7.66. The van der Waals surface area contributed by atoms with Crippen LogP contribution in [0.5, 0.6) is 0 Å². The lowest BCUT2D eigenvalue weighted by atomic mass is 10.3. The van der Waals surface area contributed by atoms with Crippen molar-refractivity contribution in [2.75, 3.05) is 13.7 Å². The smallest absolute Gasteiger partial charge is 0.397 e. The van der Waals surface area contributed by atoms with Gasteiger partial charge in [-0.15, -0.1) is 0 Å². The molecule has 0 radical (unpaired) electrons. The van der Waals surface area contributed by atoms with E-state index >= 15 is 0 Å². The Balaban J connectivity index is 0. The van der Waals surface area contributed by atoms with Gasteiger partial charge in [0.05, 0.1) is 13.7 Å². The highest BCUT2D eigenvalue weighted by Crippen LogP contribution is 1.75. The van der Waals surface area contributed by atoms with Crippen LogP contribution in [0.2, 0.25) is 0 Å². The van der Waals surface area contributed by atoms with Crippen molar-refractivity contribution in [1.82, 2.24) is 0 Å². The van der Waals surface area contributed by atoms with E-state index in [1.54, 1.807) is 0 Å². The van der Waals surface area contributed by atoms with E-state index < -0.39 is 29.0 Å². The molecule has 0 saturated carbocycles. The molecule has 1 atom stereocenters. The van der Waals surface area contributed by atoms with Crippen molar-refractivity contribution in [2.24, 2.45) is 5.73 Å². The maximum Gasteiger partial charge on any atom is 0.397 e. The third-order valence-corrected chi connectivity index (χ3v) is 1.15. The molecule has 0 aliphatic rings. The van der Waals surface area contributed by atoms with E-state index in [2.05, 4.69) is 4.18 Å². The number of nitrogens with two attached hydrogens (primary N) is 1. The fourth-order valence-electron chi connectivity index (χ4n) is 0.0781. The molecule has 0 fully saturated rings. The molecule has 0 aromatic heterocycles. The molecule has 5 N–H and O–H groups in total. The van der Waals surface area contributed by atoms with Crippen molar-refractivity contribution in [3.63, 3.8) is 0 Å². The summed E-state index contributed by atoms with van der Waals surface area (Å²) in [6.45, 7) is -0.505. The fraction of sp³-hybridized carbons (Fsp3) is 0.750. The van der Waals surface area contributed by atoms with Gasteiger partial charge in [0.2, 0.25) is 0 Å². The van der Waals surface area contributed by atoms with Gasteiger partial charge in [-0.25, -0.2) is 0 Å². The standard InChI is InChI=1S/C3H7NO3.CH4O4S/c4-2(1-5)3(6)7;1-5-6(2,3)4/h2,5H,1,4H2,(H,6,7);1H3,(H,2,3,4)/t2-;/m0./s1. The first-order valence-corrected chi connectivity index (χ1v) is 4.23. The molecule has 80 valence electrons. The van der Waals surface area contributed by atoms with Crippen LogP contribution in [-0.2, 0) is 19.4 Å². The highest BCUT2D eigenvalue weighted by molar-refractivity contribution is 7.80. The third kappa shape index (κ3) is 14.2. The van der Waals surface area contributed by atoms with E-state index in [4.69, 9.17) is 20.5 Å². The van der Waals surface area contributed by atoms with Gasteiger partial charge in [-0.1, -0.05) is 0 Å². The molecule has 0 aromatic rings. The van der Waals surface area contributed by atoms with Crippen LogP contribution in [0.25, 0.3) is 0 Å². The summed E-state index contributed by atoms with van der Waals surface area (Å²) in [6, 6.07) is -1.13. The maximum atomic E-state index is 9.65. The average molecular weight is 217 g/mol. The summed E-state index contributed by atoms with van der Waals surface area (Å²) in [5, 5.41) is 15.9. The number of aliphatic hydroxyl groups excluding tert-OH is 1. The van der Waals surface area contributed by atoms with Gasteiger partial charge in [0, 0.05) is 0 Å². The van der Waals surface area contributed by atoms with E-state index in [0.29, 0.717) is 0 Å². The minimum Gasteiger partial charge on any atom is -0.480 e. The van der Waals surface area contributed by atoms with E-state index in [1.807, 2.05) is 0 Å². The van der Waals surface area contributed by atoms with Gasteiger partial charge < -0.3 is 15.9 Å². The molecular formula is C4H11NO7S. The van der Waals surface area contributed by atoms with Crippen molar-refractivity contribution in [1.29, 1.82) is 0 Å². The SMILES string of the molecule is COS(=O)(=O)O.N[C@@H](CO)C(=O)O. The zero-order valence-electron chi connectivity index (χ0n) is 6.74. The van der Waals surface area contributed by atoms with Gasteiger partial charge in [-0.2, -0.15) is 8.42 Å². The van der Waals surface area contributed by atoms with E-state index in [1.165, 1.54) is 0 Å². The molecule has 0 saturated heterocycles. The fourth-order valence-corrected chi connectivity index (χ4v) is 0.0781. The molecule has 0 unspecified atom stereocenters. The molecule has 9 heteroatoms. The van der Waals surface area contributed by atoms with Crippen LogP contribution in [0.4, 0.5) is 0 Å². The zero-order valence-corrected chi connectivity index (χ0v) is 7.56. The van der Waals surface area contributed by atoms with E-state index in [9.17, 15) is 13.2 Å². The Morgan fingerprint density at radius 3 is 1.92 bits per heavy atom. The molecule has 0 rings (SSSR count). The number of carboxylic acids is 1.